The van der Waals surface area contributed by atoms with Crippen molar-refractivity contribution in [2.75, 3.05) is 29.9 Å². The minimum atomic E-state index is -0.380. The number of hydrogen-bond acceptors (Lipinski definition) is 5. The summed E-state index contributed by atoms with van der Waals surface area (Å²) in [5, 5.41) is 5.90. The highest BCUT2D eigenvalue weighted by Gasteiger charge is 2.25. The van der Waals surface area contributed by atoms with Gasteiger partial charge in [0, 0.05) is 6.54 Å². The Bertz CT molecular complexity index is 520. The summed E-state index contributed by atoms with van der Waals surface area (Å²) in [5.41, 5.74) is 0. The number of imide groups is 1. The standard InChI is InChI=1S/C11H12Cl2N4O2/c1-2-14-10-6(12)3-7(13)11(16-10)17-4-8(18)15-9(19)5-17/h3H,2,4-5H2,1H3,(H,14,16)(H,15,18,19). The smallest absolute Gasteiger partial charge is 0.246 e. The Morgan fingerprint density at radius 3 is 2.53 bits per heavy atom. The van der Waals surface area contributed by atoms with Gasteiger partial charge in [-0.15, -0.1) is 0 Å². The quantitative estimate of drug-likeness (QED) is 0.823. The van der Waals surface area contributed by atoms with Crippen LogP contribution >= 0.6 is 23.2 Å². The molecule has 102 valence electrons. The molecule has 19 heavy (non-hydrogen) atoms. The van der Waals surface area contributed by atoms with E-state index >= 15 is 0 Å². The fourth-order valence-electron chi connectivity index (χ4n) is 1.76. The maximum Gasteiger partial charge on any atom is 0.246 e. The second-order valence-corrected chi connectivity index (χ2v) is 4.80. The summed E-state index contributed by atoms with van der Waals surface area (Å²) in [7, 11) is 0. The van der Waals surface area contributed by atoms with Crippen molar-refractivity contribution in [2.45, 2.75) is 6.92 Å². The summed E-state index contributed by atoms with van der Waals surface area (Å²) in [6.07, 6.45) is 0. The van der Waals surface area contributed by atoms with Gasteiger partial charge in [-0.2, -0.15) is 0 Å². The molecular weight excluding hydrogens is 291 g/mol. The van der Waals surface area contributed by atoms with E-state index < -0.39 is 0 Å². The molecule has 1 fully saturated rings. The van der Waals surface area contributed by atoms with Crippen LogP contribution in [0.5, 0.6) is 0 Å². The van der Waals surface area contributed by atoms with Crippen LogP contribution in [-0.2, 0) is 9.59 Å². The van der Waals surface area contributed by atoms with Crippen molar-refractivity contribution in [2.24, 2.45) is 0 Å². The summed E-state index contributed by atoms with van der Waals surface area (Å²) in [4.78, 5) is 28.5. The highest BCUT2D eigenvalue weighted by Crippen LogP contribution is 2.31. The Balaban J connectivity index is 2.35. The molecule has 0 unspecified atom stereocenters. The first-order valence-corrected chi connectivity index (χ1v) is 6.44. The molecule has 2 rings (SSSR count). The summed E-state index contributed by atoms with van der Waals surface area (Å²) in [5.74, 6) is 0.0790. The molecule has 1 aliphatic rings. The molecule has 8 heteroatoms. The van der Waals surface area contributed by atoms with Gasteiger partial charge in [-0.1, -0.05) is 23.2 Å². The number of halogens is 2. The number of carbonyl (C=O) groups excluding carboxylic acids is 2. The predicted molar refractivity (Wildman–Crippen MR) is 73.8 cm³/mol. The van der Waals surface area contributed by atoms with Crippen LogP contribution in [0.15, 0.2) is 6.07 Å². The van der Waals surface area contributed by atoms with Crippen molar-refractivity contribution in [3.05, 3.63) is 16.1 Å². The largest absolute Gasteiger partial charge is 0.369 e. The van der Waals surface area contributed by atoms with Crippen LogP contribution in [0.4, 0.5) is 11.6 Å². The van der Waals surface area contributed by atoms with Crippen molar-refractivity contribution in [1.29, 1.82) is 0 Å². The molecule has 2 heterocycles. The van der Waals surface area contributed by atoms with E-state index in [1.54, 1.807) is 6.07 Å². The van der Waals surface area contributed by atoms with Gasteiger partial charge in [0.15, 0.2) is 5.82 Å². The first-order chi connectivity index (χ1) is 9.01. The monoisotopic (exact) mass is 302 g/mol. The lowest BCUT2D eigenvalue weighted by atomic mass is 10.3. The third-order valence-corrected chi connectivity index (χ3v) is 3.07. The topological polar surface area (TPSA) is 74.3 Å². The number of piperazine rings is 1. The van der Waals surface area contributed by atoms with E-state index in [2.05, 4.69) is 15.6 Å². The fraction of sp³-hybridized carbons (Fsp3) is 0.364. The average molecular weight is 303 g/mol. The molecule has 2 amide bonds. The SMILES string of the molecule is CCNc1nc(N2CC(=O)NC(=O)C2)c(Cl)cc1Cl. The van der Waals surface area contributed by atoms with Gasteiger partial charge in [0.25, 0.3) is 0 Å². The van der Waals surface area contributed by atoms with Gasteiger partial charge < -0.3 is 10.2 Å². The first kappa shape index (κ1) is 13.9. The van der Waals surface area contributed by atoms with Crippen molar-refractivity contribution in [1.82, 2.24) is 10.3 Å². The molecule has 0 saturated carbocycles. The predicted octanol–water partition coefficient (Wildman–Crippen LogP) is 1.28. The third-order valence-electron chi connectivity index (χ3n) is 2.50. The molecule has 0 bridgehead atoms. The van der Waals surface area contributed by atoms with Gasteiger partial charge in [-0.05, 0) is 13.0 Å². The van der Waals surface area contributed by atoms with Gasteiger partial charge in [-0.25, -0.2) is 4.98 Å². The van der Waals surface area contributed by atoms with Crippen LogP contribution in [-0.4, -0.2) is 36.4 Å². The number of nitrogens with one attached hydrogen (secondary N) is 2. The lowest BCUT2D eigenvalue weighted by Crippen LogP contribution is -2.51. The summed E-state index contributed by atoms with van der Waals surface area (Å²) in [6.45, 7) is 2.62. The van der Waals surface area contributed by atoms with Gasteiger partial charge >= 0.3 is 0 Å². The number of pyridine rings is 1. The summed E-state index contributed by atoms with van der Waals surface area (Å²) < 4.78 is 0. The van der Waals surface area contributed by atoms with E-state index in [1.165, 1.54) is 4.90 Å². The molecule has 1 aromatic rings. The molecular formula is C11H12Cl2N4O2. The molecule has 2 N–H and O–H groups in total. The molecule has 0 spiro atoms. The van der Waals surface area contributed by atoms with E-state index in [4.69, 9.17) is 23.2 Å². The highest BCUT2D eigenvalue weighted by molar-refractivity contribution is 6.37. The second kappa shape index (κ2) is 5.63. The van der Waals surface area contributed by atoms with Gasteiger partial charge in [0.2, 0.25) is 11.8 Å². The zero-order valence-corrected chi connectivity index (χ0v) is 11.7. The number of nitrogens with zero attached hydrogens (tertiary/aromatic N) is 2. The number of anilines is 2. The number of amides is 2. The van der Waals surface area contributed by atoms with Crippen molar-refractivity contribution in [3.8, 4) is 0 Å². The average Bonchev–Trinajstić information content (AvgIpc) is 2.31. The van der Waals surface area contributed by atoms with Crippen molar-refractivity contribution >= 4 is 46.7 Å². The summed E-state index contributed by atoms with van der Waals surface area (Å²) in [6, 6.07) is 1.54. The van der Waals surface area contributed by atoms with Crippen LogP contribution in [0.1, 0.15) is 6.92 Å². The van der Waals surface area contributed by atoms with E-state index in [0.29, 0.717) is 28.2 Å². The first-order valence-electron chi connectivity index (χ1n) is 5.68. The zero-order chi connectivity index (χ0) is 14.0. The van der Waals surface area contributed by atoms with Crippen LogP contribution in [0, 0.1) is 0 Å². The van der Waals surface area contributed by atoms with Gasteiger partial charge in [0.05, 0.1) is 23.1 Å². The zero-order valence-electron chi connectivity index (χ0n) is 10.2. The molecule has 0 aliphatic carbocycles. The third kappa shape index (κ3) is 3.08. The highest BCUT2D eigenvalue weighted by atomic mass is 35.5. The molecule has 0 atom stereocenters. The van der Waals surface area contributed by atoms with E-state index in [0.717, 1.165) is 0 Å². The van der Waals surface area contributed by atoms with Gasteiger partial charge in [-0.3, -0.25) is 14.9 Å². The Kier molecular flexibility index (Phi) is 4.11. The lowest BCUT2D eigenvalue weighted by molar-refractivity contribution is -0.130. The number of carbonyl (C=O) groups is 2. The number of hydrogen-bond donors (Lipinski definition) is 2. The minimum Gasteiger partial charge on any atom is -0.369 e. The van der Waals surface area contributed by atoms with E-state index in [-0.39, 0.29) is 24.9 Å². The fourth-order valence-corrected chi connectivity index (χ4v) is 2.30. The minimum absolute atomic E-state index is 0.0334. The lowest BCUT2D eigenvalue weighted by Gasteiger charge is -2.27. The Hall–Kier alpha value is -1.53. The summed E-state index contributed by atoms with van der Waals surface area (Å²) >= 11 is 12.1. The molecule has 1 aromatic heterocycles. The molecule has 6 nitrogen and oxygen atoms in total. The maximum atomic E-state index is 11.4. The van der Waals surface area contributed by atoms with Crippen LogP contribution in [0.3, 0.4) is 0 Å². The van der Waals surface area contributed by atoms with Crippen LogP contribution < -0.4 is 15.5 Å². The maximum absolute atomic E-state index is 11.4. The number of rotatable bonds is 3. The second-order valence-electron chi connectivity index (χ2n) is 3.98. The van der Waals surface area contributed by atoms with Crippen LogP contribution in [0.25, 0.3) is 0 Å². The Morgan fingerprint density at radius 1 is 1.32 bits per heavy atom. The normalized spacial score (nSPS) is 15.4. The number of aromatic nitrogens is 1. The van der Waals surface area contributed by atoms with E-state index in [9.17, 15) is 9.59 Å². The van der Waals surface area contributed by atoms with Crippen molar-refractivity contribution in [3.63, 3.8) is 0 Å². The molecule has 0 radical (unpaired) electrons. The molecule has 1 aliphatic heterocycles. The Labute approximate surface area is 120 Å². The molecule has 0 aromatic carbocycles. The van der Waals surface area contributed by atoms with Crippen LogP contribution in [0.2, 0.25) is 10.0 Å². The Morgan fingerprint density at radius 2 is 1.95 bits per heavy atom. The van der Waals surface area contributed by atoms with Gasteiger partial charge in [0.1, 0.15) is 5.82 Å². The van der Waals surface area contributed by atoms with E-state index in [1.807, 2.05) is 6.92 Å². The van der Waals surface area contributed by atoms with Crippen molar-refractivity contribution < 1.29 is 9.59 Å². The molecule has 1 saturated heterocycles.